The molecule has 0 radical (unpaired) electrons. The quantitative estimate of drug-likeness (QED) is 0.337. The van der Waals surface area contributed by atoms with Gasteiger partial charge in [0, 0.05) is 6.42 Å². The van der Waals surface area contributed by atoms with Crippen molar-refractivity contribution < 1.29 is 20.1 Å². The van der Waals surface area contributed by atoms with Crippen molar-refractivity contribution in [3.8, 4) is 0 Å². The van der Waals surface area contributed by atoms with Crippen LogP contribution in [0.2, 0.25) is 0 Å². The van der Waals surface area contributed by atoms with Crippen LogP contribution in [0.25, 0.3) is 0 Å². The third-order valence-electron chi connectivity index (χ3n) is 1.49. The fourth-order valence-corrected chi connectivity index (χ4v) is 0.954. The normalized spacial score (nSPS) is 30.4. The van der Waals surface area contributed by atoms with Crippen molar-refractivity contribution in [2.75, 3.05) is 0 Å². The van der Waals surface area contributed by atoms with Crippen molar-refractivity contribution in [2.24, 2.45) is 0 Å². The topological polar surface area (TPSA) is 89.8 Å². The Morgan fingerprint density at radius 2 is 2.20 bits per heavy atom. The minimum absolute atomic E-state index is 0.0595. The lowest BCUT2D eigenvalue weighted by Gasteiger charge is -2.14. The maximum atomic E-state index is 10.2. The fourth-order valence-electron chi connectivity index (χ4n) is 0.954. The molecule has 0 bridgehead atoms. The van der Waals surface area contributed by atoms with Gasteiger partial charge in [-0.15, -0.1) is 0 Å². The van der Waals surface area contributed by atoms with Gasteiger partial charge in [0.1, 0.15) is 6.04 Å². The third-order valence-corrected chi connectivity index (χ3v) is 1.49. The zero-order chi connectivity index (χ0) is 7.78. The predicted molar refractivity (Wildman–Crippen MR) is 31.0 cm³/mol. The van der Waals surface area contributed by atoms with E-state index in [1.165, 1.54) is 0 Å². The summed E-state index contributed by atoms with van der Waals surface area (Å²) in [7, 11) is 0. The summed E-state index contributed by atoms with van der Waals surface area (Å²) in [5.41, 5.74) is 0. The van der Waals surface area contributed by atoms with Crippen molar-refractivity contribution in [1.29, 1.82) is 0 Å². The van der Waals surface area contributed by atoms with Crippen molar-refractivity contribution >= 4 is 5.97 Å². The summed E-state index contributed by atoms with van der Waals surface area (Å²) in [6, 6.07) is -0.824. The lowest BCUT2D eigenvalue weighted by molar-refractivity contribution is -0.177. The first-order valence-electron chi connectivity index (χ1n) is 2.96. The Balaban J connectivity index is 2.51. The van der Waals surface area contributed by atoms with E-state index in [0.29, 0.717) is 0 Å². The zero-order valence-electron chi connectivity index (χ0n) is 5.24. The molecule has 0 amide bonds. The van der Waals surface area contributed by atoms with Gasteiger partial charge < -0.3 is 15.3 Å². The molecule has 1 atom stereocenters. The number of aliphatic hydroxyl groups is 2. The molecule has 0 aromatic rings. The van der Waals surface area contributed by atoms with Crippen LogP contribution >= 0.6 is 0 Å². The van der Waals surface area contributed by atoms with Gasteiger partial charge in [-0.3, -0.25) is 10.1 Å². The maximum Gasteiger partial charge on any atom is 0.320 e. The lowest BCUT2D eigenvalue weighted by atomic mass is 10.2. The van der Waals surface area contributed by atoms with E-state index in [4.69, 9.17) is 15.3 Å². The molecule has 1 fully saturated rings. The Morgan fingerprint density at radius 1 is 1.60 bits per heavy atom. The van der Waals surface area contributed by atoms with Crippen LogP contribution in [0, 0.1) is 0 Å². The first-order chi connectivity index (χ1) is 4.51. The minimum atomic E-state index is -1.98. The highest BCUT2D eigenvalue weighted by atomic mass is 16.5. The van der Waals surface area contributed by atoms with E-state index in [-0.39, 0.29) is 12.8 Å². The van der Waals surface area contributed by atoms with Crippen molar-refractivity contribution in [1.82, 2.24) is 5.32 Å². The van der Waals surface area contributed by atoms with Gasteiger partial charge >= 0.3 is 5.97 Å². The average molecular weight is 147 g/mol. The Kier molecular flexibility index (Phi) is 1.63. The molecule has 5 nitrogen and oxygen atoms in total. The largest absolute Gasteiger partial charge is 0.480 e. The number of nitrogens with one attached hydrogen (secondary N) is 1. The predicted octanol–water partition coefficient (Wildman–Crippen LogP) is -1.54. The monoisotopic (exact) mass is 147 g/mol. The number of aliphatic carboxylic acids is 1. The van der Waals surface area contributed by atoms with Gasteiger partial charge in [0.2, 0.25) is 5.91 Å². The van der Waals surface area contributed by atoms with E-state index in [2.05, 4.69) is 5.32 Å². The third kappa shape index (κ3) is 1.44. The SMILES string of the molecule is O=C(O)C1CCC(O)(O)N1. The smallest absolute Gasteiger partial charge is 0.320 e. The molecule has 1 unspecified atom stereocenters. The maximum absolute atomic E-state index is 10.2. The van der Waals surface area contributed by atoms with Crippen molar-refractivity contribution in [3.63, 3.8) is 0 Å². The number of carboxylic acid groups (broad SMARTS) is 1. The van der Waals surface area contributed by atoms with E-state index >= 15 is 0 Å². The second kappa shape index (κ2) is 2.19. The van der Waals surface area contributed by atoms with E-state index in [0.717, 1.165) is 0 Å². The van der Waals surface area contributed by atoms with Crippen LogP contribution in [0.3, 0.4) is 0 Å². The summed E-state index contributed by atoms with van der Waals surface area (Å²) in [4.78, 5) is 10.2. The molecule has 58 valence electrons. The number of hydrogen-bond acceptors (Lipinski definition) is 4. The molecule has 0 saturated carbocycles. The number of carbonyl (C=O) groups is 1. The first kappa shape index (κ1) is 7.46. The molecular weight excluding hydrogens is 138 g/mol. The van der Waals surface area contributed by atoms with E-state index in [1.54, 1.807) is 0 Å². The molecule has 0 aliphatic carbocycles. The van der Waals surface area contributed by atoms with Gasteiger partial charge in [0.15, 0.2) is 0 Å². The molecule has 1 rings (SSSR count). The standard InChI is InChI=1S/C5H9NO4/c7-4(8)3-1-2-5(9,10)6-3/h3,6,9-10H,1-2H2,(H,7,8). The van der Waals surface area contributed by atoms with Crippen LogP contribution in [0.1, 0.15) is 12.8 Å². The van der Waals surface area contributed by atoms with Crippen LogP contribution in [0.4, 0.5) is 0 Å². The molecule has 0 aromatic carbocycles. The van der Waals surface area contributed by atoms with Crippen LogP contribution in [-0.2, 0) is 4.79 Å². The van der Waals surface area contributed by atoms with Gasteiger partial charge in [-0.1, -0.05) is 0 Å². The molecule has 1 aliphatic rings. The van der Waals surface area contributed by atoms with Crippen LogP contribution in [0.15, 0.2) is 0 Å². The van der Waals surface area contributed by atoms with Crippen molar-refractivity contribution in [3.05, 3.63) is 0 Å². The van der Waals surface area contributed by atoms with E-state index in [9.17, 15) is 4.79 Å². The average Bonchev–Trinajstić information content (AvgIpc) is 2.10. The summed E-state index contributed by atoms with van der Waals surface area (Å²) in [5.74, 6) is -3.03. The Bertz CT molecular complexity index is 156. The highest BCUT2D eigenvalue weighted by Gasteiger charge is 2.37. The van der Waals surface area contributed by atoms with E-state index in [1.807, 2.05) is 0 Å². The van der Waals surface area contributed by atoms with Gasteiger partial charge in [-0.05, 0) is 6.42 Å². The summed E-state index contributed by atoms with van der Waals surface area (Å²) < 4.78 is 0. The number of carboxylic acids is 1. The summed E-state index contributed by atoms with van der Waals surface area (Å²) in [6.45, 7) is 0. The second-order valence-electron chi connectivity index (χ2n) is 2.39. The highest BCUT2D eigenvalue weighted by Crippen LogP contribution is 2.17. The van der Waals surface area contributed by atoms with Gasteiger partial charge in [-0.2, -0.15) is 0 Å². The number of rotatable bonds is 1. The van der Waals surface area contributed by atoms with Crippen LogP contribution < -0.4 is 5.32 Å². The summed E-state index contributed by atoms with van der Waals surface area (Å²) in [5, 5.41) is 28.1. The van der Waals surface area contributed by atoms with Crippen molar-refractivity contribution in [2.45, 2.75) is 24.8 Å². The Labute approximate surface area is 57.3 Å². The Morgan fingerprint density at radius 3 is 2.40 bits per heavy atom. The number of hydrogen-bond donors (Lipinski definition) is 4. The Hall–Kier alpha value is -0.650. The molecule has 10 heavy (non-hydrogen) atoms. The van der Waals surface area contributed by atoms with Crippen LogP contribution in [0.5, 0.6) is 0 Å². The second-order valence-corrected chi connectivity index (χ2v) is 2.39. The minimum Gasteiger partial charge on any atom is -0.480 e. The fraction of sp³-hybridized carbons (Fsp3) is 0.800. The lowest BCUT2D eigenvalue weighted by Crippen LogP contribution is -2.45. The molecule has 4 N–H and O–H groups in total. The molecule has 5 heteroatoms. The van der Waals surface area contributed by atoms with Gasteiger partial charge in [0.05, 0.1) is 0 Å². The molecule has 0 spiro atoms. The van der Waals surface area contributed by atoms with Gasteiger partial charge in [-0.25, -0.2) is 0 Å². The first-order valence-corrected chi connectivity index (χ1v) is 2.96. The zero-order valence-corrected chi connectivity index (χ0v) is 5.24. The molecule has 1 saturated heterocycles. The van der Waals surface area contributed by atoms with Gasteiger partial charge in [0.25, 0.3) is 0 Å². The molecule has 1 heterocycles. The van der Waals surface area contributed by atoms with E-state index < -0.39 is 17.9 Å². The molecule has 1 aliphatic heterocycles. The molecular formula is C5H9NO4. The highest BCUT2D eigenvalue weighted by molar-refractivity contribution is 5.73. The summed E-state index contributed by atoms with van der Waals surface area (Å²) in [6.07, 6.45) is 0.312. The van der Waals surface area contributed by atoms with Crippen LogP contribution in [-0.4, -0.2) is 33.2 Å². The summed E-state index contributed by atoms with van der Waals surface area (Å²) >= 11 is 0. The molecule has 0 aromatic heterocycles.